The van der Waals surface area contributed by atoms with Gasteiger partial charge in [-0.1, -0.05) is 44.9 Å². The molecule has 1 fully saturated rings. The van der Waals surface area contributed by atoms with Crippen LogP contribution in [0.15, 0.2) is 30.5 Å². The molecule has 0 radical (unpaired) electrons. The number of likely N-dealkylation sites (tertiary alicyclic amines) is 1. The van der Waals surface area contributed by atoms with E-state index in [4.69, 9.17) is 0 Å². The van der Waals surface area contributed by atoms with Crippen molar-refractivity contribution in [3.05, 3.63) is 36.0 Å². The lowest BCUT2D eigenvalue weighted by Crippen LogP contribution is -2.53. The molecule has 1 aliphatic rings. The minimum atomic E-state index is 0.156. The van der Waals surface area contributed by atoms with Gasteiger partial charge in [0.1, 0.15) is 0 Å². The third-order valence-corrected chi connectivity index (χ3v) is 7.43. The van der Waals surface area contributed by atoms with Crippen LogP contribution < -0.4 is 5.32 Å². The Morgan fingerprint density at radius 3 is 2.61 bits per heavy atom. The lowest BCUT2D eigenvalue weighted by Gasteiger charge is -2.46. The Morgan fingerprint density at radius 2 is 1.94 bits per heavy atom. The van der Waals surface area contributed by atoms with E-state index in [0.29, 0.717) is 12.0 Å². The number of nitrogens with one attached hydrogen (secondary N) is 1. The number of piperidine rings is 1. The summed E-state index contributed by atoms with van der Waals surface area (Å²) in [7, 11) is 6.55. The zero-order valence-corrected chi connectivity index (χ0v) is 20.3. The summed E-state index contributed by atoms with van der Waals surface area (Å²) in [5.74, 6) is 0.364. The van der Waals surface area contributed by atoms with Gasteiger partial charge in [-0.2, -0.15) is 0 Å². The first-order chi connectivity index (χ1) is 14.9. The zero-order chi connectivity index (χ0) is 22.4. The van der Waals surface area contributed by atoms with Gasteiger partial charge in [0.15, 0.2) is 0 Å². The number of carbonyl (C=O) groups excluding carboxylic acids is 1. The summed E-state index contributed by atoms with van der Waals surface area (Å²) in [6, 6.07) is 8.43. The van der Waals surface area contributed by atoms with Crippen molar-refractivity contribution in [2.75, 3.05) is 40.3 Å². The van der Waals surface area contributed by atoms with Crippen molar-refractivity contribution in [1.82, 2.24) is 19.7 Å². The van der Waals surface area contributed by atoms with E-state index in [0.717, 1.165) is 26.2 Å². The molecule has 1 aromatic heterocycles. The monoisotopic (exact) mass is 426 g/mol. The van der Waals surface area contributed by atoms with Crippen LogP contribution in [0, 0.1) is 0 Å². The molecule has 5 heteroatoms. The van der Waals surface area contributed by atoms with Gasteiger partial charge in [-0.15, -0.1) is 0 Å². The molecule has 0 saturated carbocycles. The predicted molar refractivity (Wildman–Crippen MR) is 131 cm³/mol. The summed E-state index contributed by atoms with van der Waals surface area (Å²) in [5, 5.41) is 4.42. The number of hydrogen-bond acceptors (Lipinski definition) is 3. The molecule has 2 heterocycles. The van der Waals surface area contributed by atoms with Gasteiger partial charge >= 0.3 is 0 Å². The third-order valence-electron chi connectivity index (χ3n) is 7.43. The maximum Gasteiger partial charge on any atom is 0.220 e. The molecule has 172 valence electrons. The number of nitrogens with zero attached hydrogens (tertiary/aromatic N) is 3. The van der Waals surface area contributed by atoms with Crippen molar-refractivity contribution in [2.24, 2.45) is 7.05 Å². The maximum absolute atomic E-state index is 12.6. The smallest absolute Gasteiger partial charge is 0.220 e. The van der Waals surface area contributed by atoms with Crippen LogP contribution in [-0.2, 0) is 11.8 Å². The molecule has 2 aromatic rings. The molecule has 1 unspecified atom stereocenters. The first-order valence-corrected chi connectivity index (χ1v) is 12.1. The first kappa shape index (κ1) is 23.8. The molecule has 1 aromatic carbocycles. The van der Waals surface area contributed by atoms with Crippen LogP contribution in [0.5, 0.6) is 0 Å². The summed E-state index contributed by atoms with van der Waals surface area (Å²) in [5.41, 5.74) is 2.85. The second kappa shape index (κ2) is 10.6. The molecule has 31 heavy (non-hydrogen) atoms. The zero-order valence-electron chi connectivity index (χ0n) is 20.3. The highest BCUT2D eigenvalue weighted by Crippen LogP contribution is 2.32. The molecular weight excluding hydrogens is 384 g/mol. The van der Waals surface area contributed by atoms with E-state index in [2.05, 4.69) is 85.1 Å². The van der Waals surface area contributed by atoms with Crippen molar-refractivity contribution in [3.63, 3.8) is 0 Å². The molecule has 5 nitrogen and oxygen atoms in total. The Bertz CT molecular complexity index is 848. The fraction of sp³-hybridized carbons (Fsp3) is 0.654. The molecular formula is C26H42N4O. The molecule has 0 aliphatic carbocycles. The van der Waals surface area contributed by atoms with Crippen LogP contribution in [-0.4, -0.2) is 66.1 Å². The van der Waals surface area contributed by atoms with E-state index >= 15 is 0 Å². The summed E-state index contributed by atoms with van der Waals surface area (Å²) in [4.78, 5) is 17.5. The number of unbranched alkanes of at least 4 members (excludes halogenated alkanes) is 1. The number of hydrogen-bond donors (Lipinski definition) is 1. The largest absolute Gasteiger partial charge is 0.355 e. The van der Waals surface area contributed by atoms with Gasteiger partial charge in [0.05, 0.1) is 0 Å². The van der Waals surface area contributed by atoms with E-state index in [-0.39, 0.29) is 11.8 Å². The Kier molecular flexibility index (Phi) is 8.17. The standard InChI is InChI=1S/C26H42N4O/c1-6-7-12-26(28(3)4)13-16-30(17-14-26)18-15-27-25(31)19-21(2)23-20-29(5)24-11-9-8-10-22(23)24/h8-11,20-21H,6-7,12-19H2,1-5H3,(H,27,31). The topological polar surface area (TPSA) is 40.5 Å². The summed E-state index contributed by atoms with van der Waals surface area (Å²) in [6.45, 7) is 8.39. The highest BCUT2D eigenvalue weighted by molar-refractivity contribution is 5.85. The second-order valence-electron chi connectivity index (χ2n) is 9.73. The number of carbonyl (C=O) groups is 1. The number of aromatic nitrogens is 1. The van der Waals surface area contributed by atoms with Gasteiger partial charge in [-0.25, -0.2) is 0 Å². The molecule has 1 atom stereocenters. The first-order valence-electron chi connectivity index (χ1n) is 12.1. The van der Waals surface area contributed by atoms with Crippen LogP contribution in [0.25, 0.3) is 10.9 Å². The minimum Gasteiger partial charge on any atom is -0.355 e. The fourth-order valence-electron chi connectivity index (χ4n) is 5.20. The third kappa shape index (κ3) is 5.69. The van der Waals surface area contributed by atoms with Crippen molar-refractivity contribution in [3.8, 4) is 0 Å². The van der Waals surface area contributed by atoms with Crippen molar-refractivity contribution in [2.45, 2.75) is 63.8 Å². The Balaban J connectivity index is 1.43. The molecule has 1 aliphatic heterocycles. The lowest BCUT2D eigenvalue weighted by atomic mass is 9.82. The molecule has 0 bridgehead atoms. The number of fused-ring (bicyclic) bond motifs is 1. The van der Waals surface area contributed by atoms with Crippen LogP contribution in [0.2, 0.25) is 0 Å². The second-order valence-corrected chi connectivity index (χ2v) is 9.73. The van der Waals surface area contributed by atoms with E-state index in [9.17, 15) is 4.79 Å². The number of amides is 1. The van der Waals surface area contributed by atoms with Gasteiger partial charge in [0.25, 0.3) is 0 Å². The molecule has 1 amide bonds. The van der Waals surface area contributed by atoms with Gasteiger partial charge in [0.2, 0.25) is 5.91 Å². The van der Waals surface area contributed by atoms with Crippen LogP contribution >= 0.6 is 0 Å². The van der Waals surface area contributed by atoms with Gasteiger partial charge in [0, 0.05) is 49.2 Å². The van der Waals surface area contributed by atoms with Gasteiger partial charge in [-0.3, -0.25) is 4.79 Å². The van der Waals surface area contributed by atoms with E-state index in [1.54, 1.807) is 0 Å². The lowest BCUT2D eigenvalue weighted by molar-refractivity contribution is -0.121. The summed E-state index contributed by atoms with van der Waals surface area (Å²) in [6.07, 6.45) is 9.04. The van der Waals surface area contributed by atoms with E-state index in [1.165, 1.54) is 48.6 Å². The molecule has 1 N–H and O–H groups in total. The van der Waals surface area contributed by atoms with Gasteiger partial charge in [-0.05, 0) is 64.0 Å². The number of benzene rings is 1. The molecule has 3 rings (SSSR count). The van der Waals surface area contributed by atoms with Crippen LogP contribution in [0.4, 0.5) is 0 Å². The number of rotatable bonds is 10. The van der Waals surface area contributed by atoms with Crippen molar-refractivity contribution < 1.29 is 4.79 Å². The summed E-state index contributed by atoms with van der Waals surface area (Å²) < 4.78 is 2.16. The maximum atomic E-state index is 12.6. The van der Waals surface area contributed by atoms with E-state index in [1.807, 2.05) is 0 Å². The van der Waals surface area contributed by atoms with Gasteiger partial charge < -0.3 is 19.7 Å². The number of para-hydroxylation sites is 1. The average Bonchev–Trinajstić information content (AvgIpc) is 3.10. The molecule has 1 saturated heterocycles. The van der Waals surface area contributed by atoms with E-state index < -0.39 is 0 Å². The quantitative estimate of drug-likeness (QED) is 0.613. The van der Waals surface area contributed by atoms with Crippen molar-refractivity contribution in [1.29, 1.82) is 0 Å². The normalized spacial score (nSPS) is 17.9. The SMILES string of the molecule is CCCCC1(N(C)C)CCN(CCNC(=O)CC(C)c2cn(C)c3ccccc23)CC1. The average molecular weight is 427 g/mol. The number of aryl methyl sites for hydroxylation is 1. The minimum absolute atomic E-state index is 0.156. The molecule has 0 spiro atoms. The predicted octanol–water partition coefficient (Wildman–Crippen LogP) is 4.37. The van der Waals surface area contributed by atoms with Crippen LogP contribution in [0.1, 0.15) is 63.9 Å². The van der Waals surface area contributed by atoms with Crippen LogP contribution in [0.3, 0.4) is 0 Å². The Hall–Kier alpha value is -1.85. The Labute approximate surface area is 188 Å². The van der Waals surface area contributed by atoms with Crippen molar-refractivity contribution >= 4 is 16.8 Å². The highest BCUT2D eigenvalue weighted by atomic mass is 16.1. The Morgan fingerprint density at radius 1 is 1.23 bits per heavy atom. The highest BCUT2D eigenvalue weighted by Gasteiger charge is 2.35. The fourth-order valence-corrected chi connectivity index (χ4v) is 5.20. The summed E-state index contributed by atoms with van der Waals surface area (Å²) >= 11 is 0.